The lowest BCUT2D eigenvalue weighted by Gasteiger charge is -2.38. The molecule has 112 valence electrons. The van der Waals surface area contributed by atoms with Crippen LogP contribution in [0.5, 0.6) is 0 Å². The molecule has 1 aromatic carbocycles. The number of aliphatic hydroxyl groups excluding tert-OH is 1. The molecule has 0 bridgehead atoms. The summed E-state index contributed by atoms with van der Waals surface area (Å²) in [6.07, 6.45) is -0.424. The molecule has 4 heteroatoms. The van der Waals surface area contributed by atoms with E-state index in [1.165, 1.54) is 5.69 Å². The Kier molecular flexibility index (Phi) is 5.40. The van der Waals surface area contributed by atoms with Gasteiger partial charge in [-0.25, -0.2) is 0 Å². The zero-order valence-corrected chi connectivity index (χ0v) is 12.8. The van der Waals surface area contributed by atoms with Crippen molar-refractivity contribution in [3.63, 3.8) is 0 Å². The van der Waals surface area contributed by atoms with Gasteiger partial charge in [-0.1, -0.05) is 12.1 Å². The number of hydrogen-bond donors (Lipinski definition) is 2. The first-order valence-electron chi connectivity index (χ1n) is 7.53. The third-order valence-electron chi connectivity index (χ3n) is 4.09. The van der Waals surface area contributed by atoms with E-state index in [1.54, 1.807) is 0 Å². The molecule has 0 amide bonds. The van der Waals surface area contributed by atoms with Crippen LogP contribution in [0, 0.1) is 0 Å². The molecular weight excluding hydrogens is 250 g/mol. The van der Waals surface area contributed by atoms with Gasteiger partial charge in [0.05, 0.1) is 6.10 Å². The van der Waals surface area contributed by atoms with Crippen molar-refractivity contribution < 1.29 is 5.11 Å². The van der Waals surface area contributed by atoms with Crippen LogP contribution >= 0.6 is 0 Å². The second kappa shape index (κ2) is 7.07. The lowest BCUT2D eigenvalue weighted by molar-refractivity contribution is 0.178. The first-order chi connectivity index (χ1) is 9.61. The predicted molar refractivity (Wildman–Crippen MR) is 84.3 cm³/mol. The van der Waals surface area contributed by atoms with Crippen molar-refractivity contribution in [1.82, 2.24) is 10.2 Å². The van der Waals surface area contributed by atoms with Crippen LogP contribution in [-0.4, -0.2) is 55.8 Å². The minimum atomic E-state index is -0.424. The van der Waals surface area contributed by atoms with E-state index in [0.29, 0.717) is 12.6 Å². The molecule has 0 aliphatic carbocycles. The zero-order chi connectivity index (χ0) is 14.5. The van der Waals surface area contributed by atoms with Gasteiger partial charge < -0.3 is 15.3 Å². The first kappa shape index (κ1) is 15.3. The van der Waals surface area contributed by atoms with Crippen molar-refractivity contribution in [2.45, 2.75) is 26.0 Å². The van der Waals surface area contributed by atoms with Gasteiger partial charge in [-0.05, 0) is 38.6 Å². The summed E-state index contributed by atoms with van der Waals surface area (Å²) in [5, 5.41) is 12.9. The van der Waals surface area contributed by atoms with Crippen LogP contribution in [0.4, 0.5) is 5.69 Å². The van der Waals surface area contributed by atoms with Crippen LogP contribution < -0.4 is 10.2 Å². The Labute approximate surface area is 122 Å². The second-order valence-corrected chi connectivity index (χ2v) is 5.78. The molecule has 1 aliphatic rings. The Morgan fingerprint density at radius 1 is 1.10 bits per heavy atom. The Morgan fingerprint density at radius 3 is 2.20 bits per heavy atom. The molecule has 1 unspecified atom stereocenters. The molecule has 1 heterocycles. The van der Waals surface area contributed by atoms with Crippen molar-refractivity contribution in [3.8, 4) is 0 Å². The quantitative estimate of drug-likeness (QED) is 0.855. The molecular formula is C16H27N3O. The van der Waals surface area contributed by atoms with E-state index in [-0.39, 0.29) is 0 Å². The highest BCUT2D eigenvalue weighted by Crippen LogP contribution is 2.20. The minimum absolute atomic E-state index is 0.424. The third-order valence-corrected chi connectivity index (χ3v) is 4.09. The Hall–Kier alpha value is -1.10. The molecule has 1 saturated heterocycles. The van der Waals surface area contributed by atoms with E-state index in [2.05, 4.69) is 41.1 Å². The van der Waals surface area contributed by atoms with Crippen LogP contribution in [0.25, 0.3) is 0 Å². The highest BCUT2D eigenvalue weighted by atomic mass is 16.3. The van der Waals surface area contributed by atoms with Crippen molar-refractivity contribution >= 4 is 5.69 Å². The highest BCUT2D eigenvalue weighted by Gasteiger charge is 2.19. The van der Waals surface area contributed by atoms with E-state index in [9.17, 15) is 5.11 Å². The predicted octanol–water partition coefficient (Wildman–Crippen LogP) is 1.47. The van der Waals surface area contributed by atoms with Gasteiger partial charge in [-0.3, -0.25) is 4.90 Å². The van der Waals surface area contributed by atoms with E-state index in [4.69, 9.17) is 0 Å². The summed E-state index contributed by atoms with van der Waals surface area (Å²) in [4.78, 5) is 4.94. The van der Waals surface area contributed by atoms with Gasteiger partial charge in [0.1, 0.15) is 0 Å². The van der Waals surface area contributed by atoms with E-state index in [1.807, 2.05) is 19.2 Å². The standard InChI is InChI=1S/C16H27N3O/c1-13(2)18-8-10-19(11-9-18)15-6-4-14(5-7-15)16(20)12-17-3/h4-7,13,16-17,20H,8-12H2,1-3H3. The van der Waals surface area contributed by atoms with Crippen LogP contribution in [0.15, 0.2) is 24.3 Å². The van der Waals surface area contributed by atoms with E-state index in [0.717, 1.165) is 31.7 Å². The fraction of sp³-hybridized carbons (Fsp3) is 0.625. The van der Waals surface area contributed by atoms with E-state index < -0.39 is 6.10 Å². The second-order valence-electron chi connectivity index (χ2n) is 5.78. The van der Waals surface area contributed by atoms with Crippen LogP contribution in [0.1, 0.15) is 25.5 Å². The molecule has 2 N–H and O–H groups in total. The number of piperazine rings is 1. The number of nitrogens with zero attached hydrogens (tertiary/aromatic N) is 2. The van der Waals surface area contributed by atoms with Gasteiger partial charge in [0.25, 0.3) is 0 Å². The van der Waals surface area contributed by atoms with Crippen LogP contribution in [-0.2, 0) is 0 Å². The largest absolute Gasteiger partial charge is 0.387 e. The number of rotatable bonds is 5. The maximum Gasteiger partial charge on any atom is 0.0914 e. The van der Waals surface area contributed by atoms with Crippen molar-refractivity contribution in [1.29, 1.82) is 0 Å². The Balaban J connectivity index is 1.94. The number of hydrogen-bond acceptors (Lipinski definition) is 4. The molecule has 1 atom stereocenters. The highest BCUT2D eigenvalue weighted by molar-refractivity contribution is 5.48. The maximum absolute atomic E-state index is 9.93. The number of nitrogens with one attached hydrogen (secondary N) is 1. The fourth-order valence-electron chi connectivity index (χ4n) is 2.72. The first-order valence-corrected chi connectivity index (χ1v) is 7.53. The minimum Gasteiger partial charge on any atom is -0.387 e. The van der Waals surface area contributed by atoms with Crippen molar-refractivity contribution in [2.24, 2.45) is 0 Å². The lowest BCUT2D eigenvalue weighted by Crippen LogP contribution is -2.48. The van der Waals surface area contributed by atoms with Gasteiger partial charge in [0.2, 0.25) is 0 Å². The number of anilines is 1. The van der Waals surface area contributed by atoms with Gasteiger partial charge in [0, 0.05) is 44.5 Å². The normalized spacial score (nSPS) is 18.6. The summed E-state index contributed by atoms with van der Waals surface area (Å²) in [5.41, 5.74) is 2.23. The SMILES string of the molecule is CNCC(O)c1ccc(N2CCN(C(C)C)CC2)cc1. The topological polar surface area (TPSA) is 38.7 Å². The maximum atomic E-state index is 9.93. The molecule has 1 fully saturated rings. The molecule has 0 spiro atoms. The molecule has 0 aromatic heterocycles. The van der Waals surface area contributed by atoms with Gasteiger partial charge in [-0.15, -0.1) is 0 Å². The average Bonchev–Trinajstić information content (AvgIpc) is 2.48. The molecule has 2 rings (SSSR count). The molecule has 0 saturated carbocycles. The van der Waals surface area contributed by atoms with Crippen LogP contribution in [0.3, 0.4) is 0 Å². The fourth-order valence-corrected chi connectivity index (χ4v) is 2.72. The van der Waals surface area contributed by atoms with Crippen molar-refractivity contribution in [2.75, 3.05) is 44.7 Å². The summed E-state index contributed by atoms with van der Waals surface area (Å²) >= 11 is 0. The molecule has 0 radical (unpaired) electrons. The zero-order valence-electron chi connectivity index (χ0n) is 12.8. The Morgan fingerprint density at radius 2 is 1.70 bits per heavy atom. The third kappa shape index (κ3) is 3.72. The smallest absolute Gasteiger partial charge is 0.0914 e. The van der Waals surface area contributed by atoms with Crippen LogP contribution in [0.2, 0.25) is 0 Å². The summed E-state index contributed by atoms with van der Waals surface area (Å²) in [5.74, 6) is 0. The number of benzene rings is 1. The molecule has 1 aliphatic heterocycles. The van der Waals surface area contributed by atoms with Crippen molar-refractivity contribution in [3.05, 3.63) is 29.8 Å². The number of aliphatic hydroxyl groups is 1. The van der Waals surface area contributed by atoms with Gasteiger partial charge >= 0.3 is 0 Å². The molecule has 20 heavy (non-hydrogen) atoms. The molecule has 4 nitrogen and oxygen atoms in total. The van der Waals surface area contributed by atoms with Gasteiger partial charge in [0.15, 0.2) is 0 Å². The Bertz CT molecular complexity index is 397. The summed E-state index contributed by atoms with van der Waals surface area (Å²) < 4.78 is 0. The summed E-state index contributed by atoms with van der Waals surface area (Å²) in [6, 6.07) is 8.95. The number of likely N-dealkylation sites (N-methyl/N-ethyl adjacent to an activating group) is 1. The summed E-state index contributed by atoms with van der Waals surface area (Å²) in [6.45, 7) is 9.52. The average molecular weight is 277 g/mol. The monoisotopic (exact) mass is 277 g/mol. The molecule has 1 aromatic rings. The van der Waals surface area contributed by atoms with Gasteiger partial charge in [-0.2, -0.15) is 0 Å². The summed E-state index contributed by atoms with van der Waals surface area (Å²) in [7, 11) is 1.85. The lowest BCUT2D eigenvalue weighted by atomic mass is 10.1. The van der Waals surface area contributed by atoms with E-state index >= 15 is 0 Å².